The number of hydrogen-bond donors (Lipinski definition) is 9. The standard InChI is InChI=1S/C75H127NO13/c1-3-5-7-9-11-13-15-17-19-21-23-25-27-29-30-31-32-33-34-35-37-39-41-43-45-47-49-51-53-55-57-59-67(80)76-63(62-86-74-72(85)70(83)73(66(61-78)88-74)89-75-71(84)69(82)68(81)65(60-77)87-75)64(79)58-56-54-52-50-48-46-44-42-40-38-36-28-26-24-22-20-18-16-14-12-10-8-6-4-2/h5,7,11,13,17,19,23,25,29-30,32-33,35,37,40,42,48,50,56,58,63-66,68-75,77-79,81-85H,3-4,6,8-10,12,14-16,18,20-22,24,26-28,31,34,36,38-39,41,43-47,49,51-55,57,59-62H2,1-2H3,(H,76,80)/b7-5-,13-11-,19-17-,25-23-,30-29-,33-32-,37-35-,42-40+,50-48+,58-56+. The zero-order valence-corrected chi connectivity index (χ0v) is 55.4. The highest BCUT2D eigenvalue weighted by molar-refractivity contribution is 5.76. The van der Waals surface area contributed by atoms with Crippen molar-refractivity contribution in [2.75, 3.05) is 19.8 Å². The summed E-state index contributed by atoms with van der Waals surface area (Å²) in [6, 6.07) is -0.952. The summed E-state index contributed by atoms with van der Waals surface area (Å²) in [5, 5.41) is 87.4. The van der Waals surface area contributed by atoms with Crippen LogP contribution in [-0.2, 0) is 23.7 Å². The van der Waals surface area contributed by atoms with E-state index in [0.29, 0.717) is 12.8 Å². The predicted molar refractivity (Wildman–Crippen MR) is 364 cm³/mol. The predicted octanol–water partition coefficient (Wildman–Crippen LogP) is 14.5. The van der Waals surface area contributed by atoms with Crippen LogP contribution in [0.1, 0.15) is 251 Å². The summed E-state index contributed by atoms with van der Waals surface area (Å²) in [4.78, 5) is 13.3. The summed E-state index contributed by atoms with van der Waals surface area (Å²) in [5.74, 6) is -0.264. The van der Waals surface area contributed by atoms with Crippen molar-refractivity contribution in [1.29, 1.82) is 0 Å². The molecule has 0 saturated carbocycles. The van der Waals surface area contributed by atoms with Crippen molar-refractivity contribution in [2.24, 2.45) is 0 Å². The number of carbonyl (C=O) groups excluding carboxylic acids is 1. The molecular formula is C75H127NO13. The lowest BCUT2D eigenvalue weighted by molar-refractivity contribution is -0.359. The molecule has 0 radical (unpaired) electrons. The van der Waals surface area contributed by atoms with Gasteiger partial charge in [-0.25, -0.2) is 0 Å². The van der Waals surface area contributed by atoms with Gasteiger partial charge in [0, 0.05) is 6.42 Å². The average Bonchev–Trinajstić information content (AvgIpc) is 2.53. The Morgan fingerprint density at radius 1 is 0.416 bits per heavy atom. The molecule has 2 aliphatic rings. The first kappa shape index (κ1) is 81.5. The van der Waals surface area contributed by atoms with Crippen molar-refractivity contribution >= 4 is 5.91 Å². The van der Waals surface area contributed by atoms with Gasteiger partial charge in [0.25, 0.3) is 0 Å². The molecule has 14 nitrogen and oxygen atoms in total. The number of unbranched alkanes of at least 4 members (excludes halogenated alkanes) is 25. The summed E-state index contributed by atoms with van der Waals surface area (Å²) in [6.45, 7) is 2.66. The Morgan fingerprint density at radius 2 is 0.787 bits per heavy atom. The average molecular weight is 1250 g/mol. The Morgan fingerprint density at radius 3 is 1.24 bits per heavy atom. The van der Waals surface area contributed by atoms with Crippen LogP contribution in [0.15, 0.2) is 122 Å². The molecule has 89 heavy (non-hydrogen) atoms. The molecule has 2 aliphatic heterocycles. The van der Waals surface area contributed by atoms with Crippen LogP contribution < -0.4 is 5.32 Å². The lowest BCUT2D eigenvalue weighted by Crippen LogP contribution is -2.65. The van der Waals surface area contributed by atoms with E-state index in [0.717, 1.165) is 103 Å². The molecule has 2 heterocycles. The molecule has 0 aromatic rings. The Kier molecular flexibility index (Phi) is 53.3. The molecule has 0 aromatic heterocycles. The SMILES string of the molecule is CC/C=C\C/C=C\C/C=C\C/C=C\C/C=C\C/C=C\C/C=C\CCCCCCCCCCCC(=O)NC(COC1OC(CO)C(OC2OC(CO)C(O)C(O)C2O)C(O)C1O)C(O)/C=C/CC/C=C/CC/C=C/CCCCCCCCCCCCCCCC. The molecule has 14 heteroatoms. The molecule has 0 aromatic carbocycles. The molecule has 0 spiro atoms. The molecule has 12 unspecified atom stereocenters. The maximum Gasteiger partial charge on any atom is 0.220 e. The maximum atomic E-state index is 13.3. The molecule has 12 atom stereocenters. The lowest BCUT2D eigenvalue weighted by Gasteiger charge is -2.46. The second kappa shape index (κ2) is 58.2. The number of aliphatic hydroxyl groups excluding tert-OH is 8. The van der Waals surface area contributed by atoms with E-state index in [4.69, 9.17) is 18.9 Å². The number of hydrogen-bond acceptors (Lipinski definition) is 13. The first-order valence-corrected chi connectivity index (χ1v) is 35.3. The first-order valence-electron chi connectivity index (χ1n) is 35.3. The van der Waals surface area contributed by atoms with Crippen LogP contribution in [0.5, 0.6) is 0 Å². The topological polar surface area (TPSA) is 228 Å². The molecule has 510 valence electrons. The van der Waals surface area contributed by atoms with Crippen LogP contribution in [0.25, 0.3) is 0 Å². The fraction of sp³-hybridized carbons (Fsp3) is 0.720. The van der Waals surface area contributed by atoms with Crippen LogP contribution >= 0.6 is 0 Å². The quantitative estimate of drug-likeness (QED) is 0.0204. The minimum absolute atomic E-state index is 0.255. The molecule has 2 saturated heterocycles. The maximum absolute atomic E-state index is 13.3. The lowest BCUT2D eigenvalue weighted by atomic mass is 9.97. The van der Waals surface area contributed by atoms with E-state index in [1.165, 1.54) is 116 Å². The van der Waals surface area contributed by atoms with Crippen molar-refractivity contribution in [3.8, 4) is 0 Å². The van der Waals surface area contributed by atoms with Crippen molar-refractivity contribution < 1.29 is 64.6 Å². The third-order valence-corrected chi connectivity index (χ3v) is 16.4. The third-order valence-electron chi connectivity index (χ3n) is 16.4. The number of rotatable bonds is 56. The molecule has 1 amide bonds. The van der Waals surface area contributed by atoms with Crippen LogP contribution in [-0.4, -0.2) is 140 Å². The first-order chi connectivity index (χ1) is 43.6. The van der Waals surface area contributed by atoms with Gasteiger partial charge in [-0.1, -0.05) is 264 Å². The van der Waals surface area contributed by atoms with E-state index in [9.17, 15) is 45.6 Å². The summed E-state index contributed by atoms with van der Waals surface area (Å²) in [5.41, 5.74) is 0. The Labute approximate surface area is 539 Å². The normalized spacial score (nSPS) is 23.8. The highest BCUT2D eigenvalue weighted by Crippen LogP contribution is 2.30. The summed E-state index contributed by atoms with van der Waals surface area (Å²) < 4.78 is 22.8. The number of amides is 1. The molecule has 9 N–H and O–H groups in total. The van der Waals surface area contributed by atoms with Crippen LogP contribution in [0.4, 0.5) is 0 Å². The van der Waals surface area contributed by atoms with Gasteiger partial charge < -0.3 is 65.1 Å². The van der Waals surface area contributed by atoms with Gasteiger partial charge in [0.05, 0.1) is 32.0 Å². The molecule has 0 aliphatic carbocycles. The van der Waals surface area contributed by atoms with E-state index in [1.807, 2.05) is 6.08 Å². The van der Waals surface area contributed by atoms with E-state index in [1.54, 1.807) is 6.08 Å². The van der Waals surface area contributed by atoms with Gasteiger partial charge in [-0.15, -0.1) is 0 Å². The van der Waals surface area contributed by atoms with Crippen molar-refractivity contribution in [2.45, 2.75) is 325 Å². The summed E-state index contributed by atoms with van der Waals surface area (Å²) in [6.07, 6.45) is 68.1. The zero-order chi connectivity index (χ0) is 64.5. The number of aliphatic hydroxyl groups is 8. The summed E-state index contributed by atoms with van der Waals surface area (Å²) >= 11 is 0. The van der Waals surface area contributed by atoms with Crippen LogP contribution in [0, 0.1) is 0 Å². The second-order valence-electron chi connectivity index (χ2n) is 24.3. The fourth-order valence-corrected chi connectivity index (χ4v) is 10.8. The number of carbonyl (C=O) groups is 1. The number of ether oxygens (including phenoxy) is 4. The smallest absolute Gasteiger partial charge is 0.220 e. The highest BCUT2D eigenvalue weighted by atomic mass is 16.7. The van der Waals surface area contributed by atoms with Crippen LogP contribution in [0.3, 0.4) is 0 Å². The van der Waals surface area contributed by atoms with Crippen molar-refractivity contribution in [3.63, 3.8) is 0 Å². The van der Waals surface area contributed by atoms with Gasteiger partial charge in [-0.05, 0) is 103 Å². The van der Waals surface area contributed by atoms with Gasteiger partial charge >= 0.3 is 0 Å². The van der Waals surface area contributed by atoms with Crippen molar-refractivity contribution in [3.05, 3.63) is 122 Å². The zero-order valence-electron chi connectivity index (χ0n) is 55.4. The Bertz CT molecular complexity index is 1960. The molecular weight excluding hydrogens is 1120 g/mol. The van der Waals surface area contributed by atoms with E-state index in [2.05, 4.69) is 129 Å². The third kappa shape index (κ3) is 42.3. The minimum atomic E-state index is -1.80. The van der Waals surface area contributed by atoms with E-state index >= 15 is 0 Å². The molecule has 2 fully saturated rings. The van der Waals surface area contributed by atoms with Gasteiger partial charge in [0.1, 0.15) is 48.8 Å². The van der Waals surface area contributed by atoms with Crippen LogP contribution in [0.2, 0.25) is 0 Å². The molecule has 0 bridgehead atoms. The second-order valence-corrected chi connectivity index (χ2v) is 24.3. The van der Waals surface area contributed by atoms with Crippen molar-refractivity contribution in [1.82, 2.24) is 5.32 Å². The number of nitrogens with one attached hydrogen (secondary N) is 1. The minimum Gasteiger partial charge on any atom is -0.394 e. The number of allylic oxidation sites excluding steroid dienone is 19. The largest absolute Gasteiger partial charge is 0.394 e. The Balaban J connectivity index is 1.72. The van der Waals surface area contributed by atoms with Gasteiger partial charge in [0.2, 0.25) is 5.91 Å². The van der Waals surface area contributed by atoms with E-state index < -0.39 is 86.8 Å². The van der Waals surface area contributed by atoms with E-state index in [-0.39, 0.29) is 18.9 Å². The monoisotopic (exact) mass is 1250 g/mol. The highest BCUT2D eigenvalue weighted by Gasteiger charge is 2.51. The van der Waals surface area contributed by atoms with Gasteiger partial charge in [0.15, 0.2) is 12.6 Å². The van der Waals surface area contributed by atoms with Gasteiger partial charge in [-0.3, -0.25) is 4.79 Å². The fourth-order valence-electron chi connectivity index (χ4n) is 10.8. The summed E-state index contributed by atoms with van der Waals surface area (Å²) in [7, 11) is 0. The Hall–Kier alpha value is -3.61. The molecule has 2 rings (SSSR count). The van der Waals surface area contributed by atoms with Gasteiger partial charge in [-0.2, -0.15) is 0 Å².